The van der Waals surface area contributed by atoms with Crippen LogP contribution in [0.5, 0.6) is 0 Å². The van der Waals surface area contributed by atoms with Crippen molar-refractivity contribution in [3.63, 3.8) is 0 Å². The van der Waals surface area contributed by atoms with Gasteiger partial charge in [0.15, 0.2) is 28.6 Å². The molecular weight excluding hydrogens is 542 g/mol. The Kier molecular flexibility index (Phi) is 7.42. The van der Waals surface area contributed by atoms with Crippen LogP contribution in [0.2, 0.25) is 5.02 Å². The van der Waals surface area contributed by atoms with Crippen molar-refractivity contribution in [2.75, 3.05) is 12.4 Å². The quantitative estimate of drug-likeness (QED) is 0.273. The molecule has 1 fully saturated rings. The van der Waals surface area contributed by atoms with Crippen LogP contribution in [0.3, 0.4) is 0 Å². The average molecular weight is 567 g/mol. The normalized spacial score (nSPS) is 22.1. The Hall–Kier alpha value is -4.11. The Balaban J connectivity index is 1.57. The maximum atomic E-state index is 13.7. The van der Waals surface area contributed by atoms with Crippen LogP contribution in [0.1, 0.15) is 36.3 Å². The SMILES string of the molecule is CNC(=O)[C@@]1(C)CC(n2cnc3c(NCc4cccc(Cl)c4)nc(C#Cc4ccc(F)c(F)c4)nc32)C(O)C1O. The lowest BCUT2D eigenvalue weighted by molar-refractivity contribution is -0.136. The van der Waals surface area contributed by atoms with Crippen molar-refractivity contribution in [3.8, 4) is 11.8 Å². The number of carbonyl (C=O) groups is 1. The number of benzene rings is 2. The summed E-state index contributed by atoms with van der Waals surface area (Å²) >= 11 is 6.11. The summed E-state index contributed by atoms with van der Waals surface area (Å²) in [6, 6.07) is 9.81. The molecule has 0 radical (unpaired) electrons. The van der Waals surface area contributed by atoms with Crippen LogP contribution in [-0.4, -0.2) is 54.9 Å². The minimum atomic E-state index is -1.33. The molecule has 0 spiro atoms. The van der Waals surface area contributed by atoms with Crippen molar-refractivity contribution in [3.05, 3.63) is 82.4 Å². The standard InChI is InChI=1S/C28H25ClF2N6O3/c1-28(27(40)32-2)12-20(23(38)24(28)39)37-14-34-22-25(33-13-16-4-3-5-17(29)10-16)35-21(36-26(22)37)9-7-15-6-8-18(30)19(31)11-15/h3-6,8,10-11,14,20,23-24,38-39H,12-13H2,1-2H3,(H,32,40)(H,33,35,36)/t20?,23?,24?,28-/m0/s1. The summed E-state index contributed by atoms with van der Waals surface area (Å²) in [7, 11) is 1.47. The highest BCUT2D eigenvalue weighted by molar-refractivity contribution is 6.30. The van der Waals surface area contributed by atoms with E-state index in [1.165, 1.54) is 19.4 Å². The van der Waals surface area contributed by atoms with Crippen LogP contribution >= 0.6 is 11.6 Å². The number of aliphatic hydroxyl groups is 2. The van der Waals surface area contributed by atoms with E-state index in [1.54, 1.807) is 23.6 Å². The first-order valence-corrected chi connectivity index (χ1v) is 12.8. The Morgan fingerprint density at radius 2 is 1.98 bits per heavy atom. The zero-order chi connectivity index (χ0) is 28.6. The van der Waals surface area contributed by atoms with Crippen molar-refractivity contribution in [1.29, 1.82) is 0 Å². The Morgan fingerprint density at radius 3 is 2.70 bits per heavy atom. The number of aliphatic hydroxyl groups excluding tert-OH is 2. The fourth-order valence-electron chi connectivity index (χ4n) is 4.91. The van der Waals surface area contributed by atoms with E-state index in [2.05, 4.69) is 37.4 Å². The van der Waals surface area contributed by atoms with E-state index in [0.717, 1.165) is 17.7 Å². The number of nitrogens with zero attached hydrogens (tertiary/aromatic N) is 4. The molecule has 4 atom stereocenters. The second-order valence-corrected chi connectivity index (χ2v) is 10.2. The number of anilines is 1. The molecular formula is C28H25ClF2N6O3. The van der Waals surface area contributed by atoms with Gasteiger partial charge in [-0.25, -0.2) is 23.7 Å². The molecule has 12 heteroatoms. The van der Waals surface area contributed by atoms with E-state index in [0.29, 0.717) is 28.5 Å². The average Bonchev–Trinajstić information content (AvgIpc) is 3.46. The lowest BCUT2D eigenvalue weighted by Gasteiger charge is -2.26. The van der Waals surface area contributed by atoms with Gasteiger partial charge in [-0.3, -0.25) is 4.79 Å². The fourth-order valence-corrected chi connectivity index (χ4v) is 5.12. The van der Waals surface area contributed by atoms with Gasteiger partial charge in [-0.1, -0.05) is 29.7 Å². The number of nitrogens with one attached hydrogen (secondary N) is 2. The highest BCUT2D eigenvalue weighted by Crippen LogP contribution is 2.45. The third kappa shape index (κ3) is 5.09. The van der Waals surface area contributed by atoms with E-state index >= 15 is 0 Å². The summed E-state index contributed by atoms with van der Waals surface area (Å²) in [6.07, 6.45) is -1.03. The van der Waals surface area contributed by atoms with Crippen molar-refractivity contribution in [1.82, 2.24) is 24.8 Å². The maximum absolute atomic E-state index is 13.7. The molecule has 1 saturated carbocycles. The van der Waals surface area contributed by atoms with Crippen LogP contribution in [0.25, 0.3) is 11.2 Å². The number of amides is 1. The minimum Gasteiger partial charge on any atom is -0.389 e. The van der Waals surface area contributed by atoms with E-state index in [-0.39, 0.29) is 17.8 Å². The van der Waals surface area contributed by atoms with Gasteiger partial charge in [0.25, 0.3) is 0 Å². The number of hydrogen-bond acceptors (Lipinski definition) is 7. The van der Waals surface area contributed by atoms with Gasteiger partial charge >= 0.3 is 0 Å². The molecule has 2 aromatic heterocycles. The van der Waals surface area contributed by atoms with Gasteiger partial charge in [0.2, 0.25) is 11.7 Å². The number of halogens is 3. The molecule has 3 unspecified atom stereocenters. The van der Waals surface area contributed by atoms with Crippen LogP contribution in [-0.2, 0) is 11.3 Å². The number of aromatic nitrogens is 4. The van der Waals surface area contributed by atoms with E-state index in [1.807, 2.05) is 12.1 Å². The molecule has 1 aliphatic carbocycles. The van der Waals surface area contributed by atoms with Gasteiger partial charge in [-0.2, -0.15) is 0 Å². The molecule has 0 saturated heterocycles. The Bertz CT molecular complexity index is 1670. The van der Waals surface area contributed by atoms with Gasteiger partial charge in [-0.05, 0) is 55.2 Å². The number of imidazole rings is 1. The smallest absolute Gasteiger partial charge is 0.228 e. The third-order valence-electron chi connectivity index (χ3n) is 7.12. The van der Waals surface area contributed by atoms with Crippen molar-refractivity contribution >= 4 is 34.5 Å². The van der Waals surface area contributed by atoms with E-state index < -0.39 is 41.2 Å². The third-order valence-corrected chi connectivity index (χ3v) is 7.35. The molecule has 2 heterocycles. The molecule has 5 rings (SSSR count). The first-order valence-electron chi connectivity index (χ1n) is 12.4. The van der Waals surface area contributed by atoms with Crippen LogP contribution < -0.4 is 10.6 Å². The lowest BCUT2D eigenvalue weighted by atomic mass is 9.85. The highest BCUT2D eigenvalue weighted by atomic mass is 35.5. The van der Waals surface area contributed by atoms with Gasteiger partial charge < -0.3 is 25.4 Å². The summed E-state index contributed by atoms with van der Waals surface area (Å²) in [5.74, 6) is 3.48. The maximum Gasteiger partial charge on any atom is 0.228 e. The van der Waals surface area contributed by atoms with Gasteiger partial charge in [-0.15, -0.1) is 0 Å². The molecule has 1 amide bonds. The van der Waals surface area contributed by atoms with Crippen molar-refractivity contribution in [2.45, 2.75) is 38.1 Å². The first-order chi connectivity index (χ1) is 19.1. The van der Waals surface area contributed by atoms with Crippen LogP contribution in [0.15, 0.2) is 48.8 Å². The molecule has 206 valence electrons. The molecule has 4 N–H and O–H groups in total. The van der Waals surface area contributed by atoms with Crippen molar-refractivity contribution in [2.24, 2.45) is 5.41 Å². The van der Waals surface area contributed by atoms with Crippen molar-refractivity contribution < 1.29 is 23.8 Å². The van der Waals surface area contributed by atoms with Gasteiger partial charge in [0.1, 0.15) is 6.10 Å². The lowest BCUT2D eigenvalue weighted by Crippen LogP contribution is -2.45. The summed E-state index contributed by atoms with van der Waals surface area (Å²) in [4.78, 5) is 26.0. The minimum absolute atomic E-state index is 0.0506. The highest BCUT2D eigenvalue weighted by Gasteiger charge is 2.54. The zero-order valence-corrected chi connectivity index (χ0v) is 22.2. The second kappa shape index (κ2) is 10.8. The summed E-state index contributed by atoms with van der Waals surface area (Å²) in [5, 5.41) is 28.0. The second-order valence-electron chi connectivity index (χ2n) is 9.79. The molecule has 9 nitrogen and oxygen atoms in total. The molecule has 2 aromatic carbocycles. The van der Waals surface area contributed by atoms with Crippen LogP contribution in [0.4, 0.5) is 14.6 Å². The number of rotatable bonds is 5. The molecule has 0 aliphatic heterocycles. The summed E-state index contributed by atoms with van der Waals surface area (Å²) in [6.45, 7) is 1.93. The largest absolute Gasteiger partial charge is 0.389 e. The predicted molar refractivity (Wildman–Crippen MR) is 144 cm³/mol. The van der Waals surface area contributed by atoms with Crippen LogP contribution in [0, 0.1) is 28.9 Å². The molecule has 40 heavy (non-hydrogen) atoms. The Labute approximate surface area is 233 Å². The fraction of sp³-hybridized carbons (Fsp3) is 0.286. The summed E-state index contributed by atoms with van der Waals surface area (Å²) in [5.41, 5.74) is 0.529. The van der Waals surface area contributed by atoms with E-state index in [9.17, 15) is 23.8 Å². The van der Waals surface area contributed by atoms with E-state index in [4.69, 9.17) is 11.6 Å². The molecule has 4 aromatic rings. The zero-order valence-electron chi connectivity index (χ0n) is 21.5. The predicted octanol–water partition coefficient (Wildman–Crippen LogP) is 3.19. The molecule has 1 aliphatic rings. The van der Waals surface area contributed by atoms with Gasteiger partial charge in [0.05, 0.1) is 23.9 Å². The monoisotopic (exact) mass is 566 g/mol. The molecule has 0 bridgehead atoms. The summed E-state index contributed by atoms with van der Waals surface area (Å²) < 4.78 is 28.6. The Morgan fingerprint density at radius 1 is 1.18 bits per heavy atom. The first kappa shape index (κ1) is 27.5. The van der Waals surface area contributed by atoms with Gasteiger partial charge in [0, 0.05) is 24.2 Å². The topological polar surface area (TPSA) is 125 Å². The number of hydrogen-bond donors (Lipinski definition) is 4. The number of fused-ring (bicyclic) bond motifs is 1. The number of carbonyl (C=O) groups excluding carboxylic acids is 1.